The van der Waals surface area contributed by atoms with Gasteiger partial charge in [0.15, 0.2) is 0 Å². The average molecular weight is 478 g/mol. The van der Waals surface area contributed by atoms with Crippen LogP contribution in [0, 0.1) is 0 Å². The number of halogens is 2. The van der Waals surface area contributed by atoms with E-state index in [1.807, 2.05) is 0 Å². The molecule has 1 aromatic carbocycles. The molecule has 3 aromatic rings. The van der Waals surface area contributed by atoms with Gasteiger partial charge in [-0.3, -0.25) is 9.78 Å². The number of benzene rings is 1. The second-order valence-corrected chi connectivity index (χ2v) is 8.47. The van der Waals surface area contributed by atoms with Gasteiger partial charge in [0, 0.05) is 12.6 Å². The Morgan fingerprint density at radius 3 is 2.55 bits per heavy atom. The van der Waals surface area contributed by atoms with E-state index in [1.165, 1.54) is 30.5 Å². The Labute approximate surface area is 188 Å². The van der Waals surface area contributed by atoms with E-state index in [0.717, 1.165) is 0 Å². The van der Waals surface area contributed by atoms with E-state index in [1.54, 1.807) is 30.3 Å². The quantitative estimate of drug-likeness (QED) is 0.383. The number of alkyl halides is 2. The highest BCUT2D eigenvalue weighted by molar-refractivity contribution is 7.89. The van der Waals surface area contributed by atoms with Gasteiger partial charge in [-0.2, -0.15) is 8.78 Å². The summed E-state index contributed by atoms with van der Waals surface area (Å²) in [6.45, 7) is -3.38. The van der Waals surface area contributed by atoms with Gasteiger partial charge >= 0.3 is 12.6 Å². The SMILES string of the molecule is O=C(O)CNc1cccc(CNS(=O)(=O)c2cccnc2Cc2ccc(OC(F)F)cc2)n1. The summed E-state index contributed by atoms with van der Waals surface area (Å²) < 4.78 is 57.2. The molecule has 0 atom stereocenters. The summed E-state index contributed by atoms with van der Waals surface area (Å²) in [4.78, 5) is 19.0. The molecule has 174 valence electrons. The second-order valence-electron chi connectivity index (χ2n) is 6.73. The number of anilines is 1. The summed E-state index contributed by atoms with van der Waals surface area (Å²) in [6, 6.07) is 13.5. The zero-order valence-electron chi connectivity index (χ0n) is 17.1. The van der Waals surface area contributed by atoms with Crippen molar-refractivity contribution in [1.82, 2.24) is 14.7 Å². The molecule has 0 radical (unpaired) electrons. The molecule has 0 unspecified atom stereocenters. The lowest BCUT2D eigenvalue weighted by atomic mass is 10.1. The van der Waals surface area contributed by atoms with Crippen LogP contribution in [0.2, 0.25) is 0 Å². The van der Waals surface area contributed by atoms with E-state index < -0.39 is 22.6 Å². The van der Waals surface area contributed by atoms with Crippen molar-refractivity contribution in [1.29, 1.82) is 0 Å². The maximum Gasteiger partial charge on any atom is 0.387 e. The first kappa shape index (κ1) is 24.0. The lowest BCUT2D eigenvalue weighted by Crippen LogP contribution is -2.25. The Morgan fingerprint density at radius 2 is 1.85 bits per heavy atom. The molecule has 3 N–H and O–H groups in total. The molecule has 0 saturated carbocycles. The van der Waals surface area contributed by atoms with Crippen LogP contribution < -0.4 is 14.8 Å². The van der Waals surface area contributed by atoms with Crippen LogP contribution in [0.3, 0.4) is 0 Å². The fourth-order valence-corrected chi connectivity index (χ4v) is 4.06. The number of nitrogens with zero attached hydrogens (tertiary/aromatic N) is 2. The minimum atomic E-state index is -3.96. The molecule has 0 bridgehead atoms. The van der Waals surface area contributed by atoms with E-state index in [-0.39, 0.29) is 35.8 Å². The third-order valence-corrected chi connectivity index (χ3v) is 5.80. The van der Waals surface area contributed by atoms with Crippen molar-refractivity contribution in [2.75, 3.05) is 11.9 Å². The molecule has 0 saturated heterocycles. The lowest BCUT2D eigenvalue weighted by molar-refractivity contribution is -0.134. The Balaban J connectivity index is 1.71. The number of aliphatic carboxylic acids is 1. The fourth-order valence-electron chi connectivity index (χ4n) is 2.87. The Kier molecular flexibility index (Phi) is 7.85. The predicted molar refractivity (Wildman–Crippen MR) is 115 cm³/mol. The number of carbonyl (C=O) groups is 1. The van der Waals surface area contributed by atoms with Gasteiger partial charge < -0.3 is 15.2 Å². The Morgan fingerprint density at radius 1 is 1.09 bits per heavy atom. The number of pyridine rings is 2. The first-order valence-electron chi connectivity index (χ1n) is 9.62. The standard InChI is InChI=1S/C21H20F2N4O5S/c22-21(23)32-16-8-6-14(7-9-16)11-17-18(4-2-10-24-17)33(30,31)26-12-15-3-1-5-19(27-15)25-13-20(28)29/h1-10,21,26H,11-13H2,(H,25,27)(H,28,29). The lowest BCUT2D eigenvalue weighted by Gasteiger charge is -2.12. The first-order valence-corrected chi connectivity index (χ1v) is 11.1. The number of hydrogen-bond acceptors (Lipinski definition) is 7. The maximum absolute atomic E-state index is 12.9. The van der Waals surface area contributed by atoms with Crippen molar-refractivity contribution in [3.63, 3.8) is 0 Å². The van der Waals surface area contributed by atoms with Crippen LogP contribution in [0.4, 0.5) is 14.6 Å². The first-order chi connectivity index (χ1) is 15.7. The van der Waals surface area contributed by atoms with Crippen LogP contribution in [0.15, 0.2) is 65.7 Å². The molecule has 0 aliphatic heterocycles. The van der Waals surface area contributed by atoms with Gasteiger partial charge in [0.05, 0.1) is 17.9 Å². The molecule has 0 spiro atoms. The zero-order chi connectivity index (χ0) is 23.8. The molecule has 0 fully saturated rings. The third kappa shape index (κ3) is 7.19. The summed E-state index contributed by atoms with van der Waals surface area (Å²) in [5, 5.41) is 11.4. The average Bonchev–Trinajstić information content (AvgIpc) is 2.78. The Hall–Kier alpha value is -3.64. The van der Waals surface area contributed by atoms with Crippen molar-refractivity contribution in [2.24, 2.45) is 0 Å². The van der Waals surface area contributed by atoms with Crippen molar-refractivity contribution in [3.05, 3.63) is 77.7 Å². The summed E-state index contributed by atoms with van der Waals surface area (Å²) in [5.74, 6) is -0.754. The smallest absolute Gasteiger partial charge is 0.387 e. The molecule has 2 aromatic heterocycles. The molecule has 0 aliphatic rings. The highest BCUT2D eigenvalue weighted by atomic mass is 32.2. The number of aromatic nitrogens is 2. The largest absolute Gasteiger partial charge is 0.480 e. The fraction of sp³-hybridized carbons (Fsp3) is 0.190. The number of sulfonamides is 1. The minimum absolute atomic E-state index is 0.00291. The second kappa shape index (κ2) is 10.8. The number of carboxylic acids is 1. The molecular weight excluding hydrogens is 458 g/mol. The van der Waals surface area contributed by atoms with Gasteiger partial charge in [-0.15, -0.1) is 0 Å². The number of ether oxygens (including phenoxy) is 1. The third-order valence-electron chi connectivity index (χ3n) is 4.33. The molecule has 9 nitrogen and oxygen atoms in total. The number of nitrogens with one attached hydrogen (secondary N) is 2. The minimum Gasteiger partial charge on any atom is -0.480 e. The number of rotatable bonds is 11. The van der Waals surface area contributed by atoms with E-state index in [4.69, 9.17) is 5.11 Å². The molecule has 0 amide bonds. The van der Waals surface area contributed by atoms with Crippen LogP contribution in [0.1, 0.15) is 17.0 Å². The van der Waals surface area contributed by atoms with Crippen molar-refractivity contribution in [2.45, 2.75) is 24.5 Å². The van der Waals surface area contributed by atoms with Gasteiger partial charge in [-0.1, -0.05) is 18.2 Å². The van der Waals surface area contributed by atoms with Crippen LogP contribution >= 0.6 is 0 Å². The predicted octanol–water partition coefficient (Wildman–Crippen LogP) is 2.64. The van der Waals surface area contributed by atoms with E-state index in [9.17, 15) is 22.0 Å². The molecule has 33 heavy (non-hydrogen) atoms. The molecule has 12 heteroatoms. The van der Waals surface area contributed by atoms with Crippen LogP contribution in [-0.4, -0.2) is 42.6 Å². The van der Waals surface area contributed by atoms with Gasteiger partial charge in [-0.05, 0) is 42.0 Å². The van der Waals surface area contributed by atoms with E-state index in [2.05, 4.69) is 24.7 Å². The Bertz CT molecular complexity index is 1210. The van der Waals surface area contributed by atoms with E-state index >= 15 is 0 Å². The van der Waals surface area contributed by atoms with Crippen LogP contribution in [-0.2, 0) is 27.8 Å². The maximum atomic E-state index is 12.9. The van der Waals surface area contributed by atoms with Gasteiger partial charge in [-0.25, -0.2) is 18.1 Å². The van der Waals surface area contributed by atoms with Gasteiger partial charge in [0.25, 0.3) is 0 Å². The van der Waals surface area contributed by atoms with Crippen molar-refractivity contribution < 1.29 is 31.8 Å². The monoisotopic (exact) mass is 478 g/mol. The molecule has 3 rings (SSSR count). The van der Waals surface area contributed by atoms with Crippen molar-refractivity contribution in [3.8, 4) is 5.75 Å². The zero-order valence-corrected chi connectivity index (χ0v) is 17.9. The summed E-state index contributed by atoms with van der Waals surface area (Å²) in [5.41, 5.74) is 1.32. The summed E-state index contributed by atoms with van der Waals surface area (Å²) >= 11 is 0. The summed E-state index contributed by atoms with van der Waals surface area (Å²) in [7, 11) is -3.96. The van der Waals surface area contributed by atoms with Gasteiger partial charge in [0.1, 0.15) is 23.0 Å². The van der Waals surface area contributed by atoms with E-state index in [0.29, 0.717) is 17.1 Å². The van der Waals surface area contributed by atoms with Crippen LogP contribution in [0.5, 0.6) is 5.75 Å². The topological polar surface area (TPSA) is 131 Å². The van der Waals surface area contributed by atoms with Gasteiger partial charge in [0.2, 0.25) is 10.0 Å². The molecule has 2 heterocycles. The number of carboxylic acid groups (broad SMARTS) is 1. The molecular formula is C21H20F2N4O5S. The molecule has 0 aliphatic carbocycles. The highest BCUT2D eigenvalue weighted by Gasteiger charge is 2.19. The summed E-state index contributed by atoms with van der Waals surface area (Å²) in [6.07, 6.45) is 1.61. The highest BCUT2D eigenvalue weighted by Crippen LogP contribution is 2.20. The van der Waals surface area contributed by atoms with Crippen molar-refractivity contribution >= 4 is 21.8 Å². The normalized spacial score (nSPS) is 11.4. The number of hydrogen-bond donors (Lipinski definition) is 3. The van der Waals surface area contributed by atoms with Crippen LogP contribution in [0.25, 0.3) is 0 Å².